The molecule has 8 bridgehead atoms. The lowest BCUT2D eigenvalue weighted by Crippen LogP contribution is -2.62. The summed E-state index contributed by atoms with van der Waals surface area (Å²) in [5, 5.41) is 34.6. The fourth-order valence-electron chi connectivity index (χ4n) is 12.0. The van der Waals surface area contributed by atoms with Gasteiger partial charge in [-0.1, -0.05) is 0 Å². The second-order valence-corrected chi connectivity index (χ2v) is 17.3. The summed E-state index contributed by atoms with van der Waals surface area (Å²) in [4.78, 5) is 30.4. The van der Waals surface area contributed by atoms with Crippen LogP contribution < -0.4 is 31.9 Å². The van der Waals surface area contributed by atoms with Crippen molar-refractivity contribution in [2.45, 2.75) is 114 Å². The van der Waals surface area contributed by atoms with Gasteiger partial charge in [0, 0.05) is 50.3 Å². The molecule has 8 aliphatic carbocycles. The van der Waals surface area contributed by atoms with Crippen LogP contribution >= 0.6 is 0 Å². The number of piperazine rings is 1. The van der Waals surface area contributed by atoms with E-state index in [9.17, 15) is 9.59 Å². The lowest BCUT2D eigenvalue weighted by Gasteiger charge is -2.56. The van der Waals surface area contributed by atoms with Gasteiger partial charge in [0.05, 0.1) is 0 Å². The first-order valence-corrected chi connectivity index (χ1v) is 19.5. The molecule has 0 spiro atoms. The molecule has 0 aromatic heterocycles. The molecule has 9 rings (SSSR count). The van der Waals surface area contributed by atoms with E-state index in [1.165, 1.54) is 38.5 Å². The SMILES string of the molecule is N=C(NCCCCN1CCN(CCCCNC(=N)NC(=O)NC23CC4CC(CC(C4)C2)C3)CC1)NC(=O)NC12CC3CC(CC(C3)C1)C2. The van der Waals surface area contributed by atoms with Crippen LogP contribution in [-0.2, 0) is 0 Å². The predicted molar refractivity (Wildman–Crippen MR) is 188 cm³/mol. The summed E-state index contributed by atoms with van der Waals surface area (Å²) < 4.78 is 0. The van der Waals surface area contributed by atoms with Gasteiger partial charge in [0.1, 0.15) is 0 Å². The average molecular weight is 667 g/mol. The van der Waals surface area contributed by atoms with Gasteiger partial charge < -0.3 is 31.1 Å². The van der Waals surface area contributed by atoms with E-state index in [1.54, 1.807) is 0 Å². The summed E-state index contributed by atoms with van der Waals surface area (Å²) in [7, 11) is 0. The summed E-state index contributed by atoms with van der Waals surface area (Å²) in [6, 6.07) is -0.432. The van der Waals surface area contributed by atoms with Crippen LogP contribution in [-0.4, -0.2) is 97.2 Å². The summed E-state index contributed by atoms with van der Waals surface area (Å²) in [5.41, 5.74) is -0.0626. The minimum Gasteiger partial charge on any atom is -0.356 e. The van der Waals surface area contributed by atoms with Gasteiger partial charge in [-0.3, -0.25) is 21.5 Å². The maximum Gasteiger partial charge on any atom is 0.321 e. The molecule has 12 nitrogen and oxygen atoms in total. The number of urea groups is 2. The molecule has 12 heteroatoms. The minimum absolute atomic E-state index is 0.0313. The Labute approximate surface area is 287 Å². The van der Waals surface area contributed by atoms with Crippen molar-refractivity contribution in [3.05, 3.63) is 0 Å². The number of amides is 4. The van der Waals surface area contributed by atoms with E-state index >= 15 is 0 Å². The maximum absolute atomic E-state index is 12.7. The van der Waals surface area contributed by atoms with Crippen LogP contribution in [0, 0.1) is 46.3 Å². The fraction of sp³-hybridized carbons (Fsp3) is 0.889. The highest BCUT2D eigenvalue weighted by molar-refractivity contribution is 5.95. The molecule has 48 heavy (non-hydrogen) atoms. The molecule has 268 valence electrons. The molecule has 1 aliphatic heterocycles. The molecule has 1 saturated heterocycles. The highest BCUT2D eigenvalue weighted by atomic mass is 16.2. The number of hydrogen-bond donors (Lipinski definition) is 8. The number of unbranched alkanes of at least 4 members (excludes halogenated alkanes) is 2. The molecule has 4 amide bonds. The van der Waals surface area contributed by atoms with Crippen LogP contribution in [0.4, 0.5) is 9.59 Å². The molecular weight excluding hydrogens is 604 g/mol. The molecule has 9 fully saturated rings. The largest absolute Gasteiger partial charge is 0.356 e. The number of nitrogens with one attached hydrogen (secondary N) is 8. The Morgan fingerprint density at radius 1 is 0.521 bits per heavy atom. The summed E-state index contributed by atoms with van der Waals surface area (Å²) >= 11 is 0. The number of rotatable bonds is 12. The second-order valence-electron chi connectivity index (χ2n) is 17.3. The van der Waals surface area contributed by atoms with Crippen molar-refractivity contribution < 1.29 is 9.59 Å². The topological polar surface area (TPSA) is 160 Å². The zero-order valence-corrected chi connectivity index (χ0v) is 29.1. The van der Waals surface area contributed by atoms with Crippen LogP contribution in [0.15, 0.2) is 0 Å². The highest BCUT2D eigenvalue weighted by Crippen LogP contribution is 2.56. The fourth-order valence-corrected chi connectivity index (χ4v) is 12.0. The molecule has 8 saturated carbocycles. The Kier molecular flexibility index (Phi) is 10.4. The first-order chi connectivity index (χ1) is 23.2. The number of hydrogen-bond acceptors (Lipinski definition) is 6. The van der Waals surface area contributed by atoms with Crippen molar-refractivity contribution in [1.82, 2.24) is 41.7 Å². The zero-order chi connectivity index (χ0) is 33.1. The van der Waals surface area contributed by atoms with Gasteiger partial charge >= 0.3 is 12.1 Å². The molecule has 0 unspecified atom stereocenters. The van der Waals surface area contributed by atoms with Gasteiger partial charge in [-0.25, -0.2) is 9.59 Å². The van der Waals surface area contributed by atoms with E-state index in [0.717, 1.165) is 139 Å². The first-order valence-electron chi connectivity index (χ1n) is 19.5. The standard InChI is InChI=1S/C36H62N10O2/c37-31(41-33(47)43-35-19-25-13-26(20-35)15-27(14-25)21-35)39-5-1-3-7-45-9-11-46(12-10-45)8-4-2-6-40-32(38)42-34(48)44-36-22-28-16-29(23-36)18-30(17-28)24-36/h25-30H,1-24H2,(H4,37,39,41,43,47)(H4,38,40,42,44,48). The van der Waals surface area contributed by atoms with Gasteiger partial charge in [0.15, 0.2) is 11.9 Å². The Morgan fingerprint density at radius 3 is 1.15 bits per heavy atom. The van der Waals surface area contributed by atoms with E-state index in [2.05, 4.69) is 41.7 Å². The lowest BCUT2D eigenvalue weighted by atomic mass is 9.53. The predicted octanol–water partition coefficient (Wildman–Crippen LogP) is 3.75. The zero-order valence-electron chi connectivity index (χ0n) is 29.1. The third-order valence-electron chi connectivity index (χ3n) is 13.2. The van der Waals surface area contributed by atoms with Crippen LogP contribution in [0.5, 0.6) is 0 Å². The van der Waals surface area contributed by atoms with Gasteiger partial charge in [-0.2, -0.15) is 0 Å². The van der Waals surface area contributed by atoms with Gasteiger partial charge in [0.2, 0.25) is 0 Å². The van der Waals surface area contributed by atoms with Crippen molar-refractivity contribution >= 4 is 24.0 Å². The monoisotopic (exact) mass is 667 g/mol. The van der Waals surface area contributed by atoms with E-state index in [0.29, 0.717) is 13.1 Å². The second kappa shape index (κ2) is 14.7. The van der Waals surface area contributed by atoms with E-state index in [4.69, 9.17) is 10.8 Å². The molecule has 0 aromatic rings. The molecule has 0 atom stereocenters. The highest BCUT2D eigenvalue weighted by Gasteiger charge is 2.52. The molecule has 9 aliphatic rings. The van der Waals surface area contributed by atoms with E-state index in [1.807, 2.05) is 0 Å². The lowest BCUT2D eigenvalue weighted by molar-refractivity contribution is -0.0135. The minimum atomic E-state index is -0.216. The van der Waals surface area contributed by atoms with Crippen LogP contribution in [0.1, 0.15) is 103 Å². The molecule has 8 N–H and O–H groups in total. The number of carbonyl (C=O) groups excluding carboxylic acids is 2. The molecule has 1 heterocycles. The molecular formula is C36H62N10O2. The van der Waals surface area contributed by atoms with Crippen molar-refractivity contribution in [2.75, 3.05) is 52.4 Å². The number of carbonyl (C=O) groups is 2. The van der Waals surface area contributed by atoms with Crippen LogP contribution in [0.2, 0.25) is 0 Å². The smallest absolute Gasteiger partial charge is 0.321 e. The Bertz CT molecular complexity index is 1020. The molecule has 0 radical (unpaired) electrons. The average Bonchev–Trinajstić information content (AvgIpc) is 2.99. The van der Waals surface area contributed by atoms with E-state index < -0.39 is 0 Å². The number of guanidine groups is 2. The summed E-state index contributed by atoms with van der Waals surface area (Å²) in [6.07, 6.45) is 18.9. The third-order valence-corrected chi connectivity index (χ3v) is 13.2. The Balaban J connectivity index is 0.672. The Hall–Kier alpha value is -2.60. The normalized spacial score (nSPS) is 36.4. The van der Waals surface area contributed by atoms with Crippen molar-refractivity contribution in [3.8, 4) is 0 Å². The summed E-state index contributed by atoms with van der Waals surface area (Å²) in [6.45, 7) is 7.87. The van der Waals surface area contributed by atoms with Crippen LogP contribution in [0.3, 0.4) is 0 Å². The van der Waals surface area contributed by atoms with Gasteiger partial charge in [-0.05, 0) is 151 Å². The number of nitrogens with zero attached hydrogens (tertiary/aromatic N) is 2. The van der Waals surface area contributed by atoms with E-state index in [-0.39, 0.29) is 35.1 Å². The molecule has 0 aromatic carbocycles. The first kappa shape index (κ1) is 33.9. The summed E-state index contributed by atoms with van der Waals surface area (Å²) in [5.74, 6) is 4.92. The van der Waals surface area contributed by atoms with Crippen molar-refractivity contribution in [2.24, 2.45) is 35.5 Å². The van der Waals surface area contributed by atoms with Crippen LogP contribution in [0.25, 0.3) is 0 Å². The quantitative estimate of drug-likeness (QED) is 0.0900. The van der Waals surface area contributed by atoms with Gasteiger partial charge in [0.25, 0.3) is 0 Å². The van der Waals surface area contributed by atoms with Crippen molar-refractivity contribution in [3.63, 3.8) is 0 Å². The maximum atomic E-state index is 12.7. The van der Waals surface area contributed by atoms with Crippen molar-refractivity contribution in [1.29, 1.82) is 10.8 Å². The third kappa shape index (κ3) is 8.57. The Morgan fingerprint density at radius 2 is 0.833 bits per heavy atom. The van der Waals surface area contributed by atoms with Gasteiger partial charge in [-0.15, -0.1) is 0 Å².